The lowest BCUT2D eigenvalue weighted by Gasteiger charge is -2.31. The summed E-state index contributed by atoms with van der Waals surface area (Å²) >= 11 is 12.2. The van der Waals surface area contributed by atoms with Crippen LogP contribution in [0, 0.1) is 6.92 Å². The number of aryl methyl sites for hydroxylation is 1. The Kier molecular flexibility index (Phi) is 7.20. The molecule has 1 atom stereocenters. The SMILES string of the molecule is CC[C@H](C(=O)Nc1ccc(OC)c(Cl)c1)N(c1cc(Cl)ccc1C)S(C)(=O)=O. The number of amides is 1. The standard InChI is InChI=1S/C19H22Cl2N2O4S/c1-5-16(19(24)22-14-8-9-18(27-3)15(21)11-14)23(28(4,25)26)17-10-13(20)7-6-12(17)2/h6-11,16H,5H2,1-4H3,(H,22,24)/t16-/m1/s1. The van der Waals surface area contributed by atoms with Gasteiger partial charge in [0.15, 0.2) is 0 Å². The van der Waals surface area contributed by atoms with E-state index in [4.69, 9.17) is 27.9 Å². The first-order valence-corrected chi connectivity index (χ1v) is 11.1. The Labute approximate surface area is 175 Å². The van der Waals surface area contributed by atoms with Crippen molar-refractivity contribution in [2.24, 2.45) is 0 Å². The molecule has 0 aromatic heterocycles. The number of methoxy groups -OCH3 is 1. The Bertz CT molecular complexity index is 980. The number of hydrogen-bond donors (Lipinski definition) is 1. The molecule has 0 aliphatic heterocycles. The summed E-state index contributed by atoms with van der Waals surface area (Å²) in [5.74, 6) is -0.00689. The largest absolute Gasteiger partial charge is 0.495 e. The molecule has 6 nitrogen and oxygen atoms in total. The predicted molar refractivity (Wildman–Crippen MR) is 114 cm³/mol. The van der Waals surface area contributed by atoms with Crippen LogP contribution in [-0.4, -0.2) is 33.7 Å². The van der Waals surface area contributed by atoms with Crippen LogP contribution >= 0.6 is 23.2 Å². The van der Waals surface area contributed by atoms with E-state index in [1.165, 1.54) is 13.2 Å². The summed E-state index contributed by atoms with van der Waals surface area (Å²) in [7, 11) is -2.27. The molecule has 0 unspecified atom stereocenters. The monoisotopic (exact) mass is 444 g/mol. The maximum atomic E-state index is 12.9. The van der Waals surface area contributed by atoms with Gasteiger partial charge in [-0.1, -0.05) is 36.2 Å². The van der Waals surface area contributed by atoms with Gasteiger partial charge in [-0.05, 0) is 49.2 Å². The third-order valence-electron chi connectivity index (χ3n) is 4.16. The van der Waals surface area contributed by atoms with Gasteiger partial charge in [0.2, 0.25) is 15.9 Å². The maximum absolute atomic E-state index is 12.9. The molecule has 9 heteroatoms. The summed E-state index contributed by atoms with van der Waals surface area (Å²) in [5, 5.41) is 3.44. The van der Waals surface area contributed by atoms with Crippen molar-refractivity contribution in [2.45, 2.75) is 26.3 Å². The van der Waals surface area contributed by atoms with Crippen LogP contribution in [0.3, 0.4) is 0 Å². The second-order valence-corrected chi connectivity index (χ2v) is 8.96. The molecular formula is C19H22Cl2N2O4S. The van der Waals surface area contributed by atoms with Crippen molar-refractivity contribution in [3.05, 3.63) is 52.0 Å². The number of rotatable bonds is 7. The topological polar surface area (TPSA) is 75.7 Å². The second-order valence-electron chi connectivity index (χ2n) is 6.25. The van der Waals surface area contributed by atoms with Gasteiger partial charge in [0.25, 0.3) is 0 Å². The molecule has 1 N–H and O–H groups in total. The van der Waals surface area contributed by atoms with Crippen molar-refractivity contribution in [3.63, 3.8) is 0 Å². The first-order valence-electron chi connectivity index (χ1n) is 8.48. The van der Waals surface area contributed by atoms with Gasteiger partial charge in [0.1, 0.15) is 11.8 Å². The number of hydrogen-bond acceptors (Lipinski definition) is 4. The van der Waals surface area contributed by atoms with Crippen LogP contribution in [0.5, 0.6) is 5.75 Å². The molecule has 0 saturated heterocycles. The van der Waals surface area contributed by atoms with Gasteiger partial charge in [0, 0.05) is 10.7 Å². The van der Waals surface area contributed by atoms with E-state index in [1.54, 1.807) is 44.2 Å². The molecular weight excluding hydrogens is 423 g/mol. The lowest BCUT2D eigenvalue weighted by atomic mass is 10.1. The van der Waals surface area contributed by atoms with Gasteiger partial charge in [0.05, 0.1) is 24.1 Å². The number of benzene rings is 2. The Hall–Kier alpha value is -1.96. The normalized spacial score (nSPS) is 12.4. The minimum atomic E-state index is -3.76. The highest BCUT2D eigenvalue weighted by molar-refractivity contribution is 7.92. The molecule has 28 heavy (non-hydrogen) atoms. The highest BCUT2D eigenvalue weighted by Gasteiger charge is 2.32. The molecule has 0 aliphatic carbocycles. The van der Waals surface area contributed by atoms with Crippen LogP contribution in [0.4, 0.5) is 11.4 Å². The van der Waals surface area contributed by atoms with Crippen molar-refractivity contribution in [2.75, 3.05) is 23.0 Å². The van der Waals surface area contributed by atoms with Gasteiger partial charge in [-0.15, -0.1) is 0 Å². The summed E-state index contributed by atoms with van der Waals surface area (Å²) in [5.41, 5.74) is 1.49. The van der Waals surface area contributed by atoms with Gasteiger partial charge in [-0.2, -0.15) is 0 Å². The Morgan fingerprint density at radius 1 is 1.21 bits per heavy atom. The van der Waals surface area contributed by atoms with E-state index >= 15 is 0 Å². The minimum absolute atomic E-state index is 0.259. The fourth-order valence-electron chi connectivity index (χ4n) is 2.83. The molecule has 0 fully saturated rings. The Balaban J connectivity index is 2.42. The van der Waals surface area contributed by atoms with Crippen molar-refractivity contribution in [1.29, 1.82) is 0 Å². The minimum Gasteiger partial charge on any atom is -0.495 e. The van der Waals surface area contributed by atoms with Gasteiger partial charge >= 0.3 is 0 Å². The highest BCUT2D eigenvalue weighted by Crippen LogP contribution is 2.31. The fourth-order valence-corrected chi connectivity index (χ4v) is 4.51. The van der Waals surface area contributed by atoms with E-state index in [0.717, 1.165) is 10.6 Å². The number of nitrogens with zero attached hydrogens (tertiary/aromatic N) is 1. The number of sulfonamides is 1. The second kappa shape index (κ2) is 9.03. The molecule has 2 aromatic carbocycles. The number of anilines is 2. The zero-order valence-corrected chi connectivity index (χ0v) is 18.3. The molecule has 0 saturated carbocycles. The van der Waals surface area contributed by atoms with E-state index in [9.17, 15) is 13.2 Å². The molecule has 152 valence electrons. The van der Waals surface area contributed by atoms with Gasteiger partial charge < -0.3 is 10.1 Å². The van der Waals surface area contributed by atoms with E-state index in [0.29, 0.717) is 32.7 Å². The van der Waals surface area contributed by atoms with Gasteiger partial charge in [-0.3, -0.25) is 9.10 Å². The Morgan fingerprint density at radius 2 is 1.89 bits per heavy atom. The third kappa shape index (κ3) is 5.10. The molecule has 2 aromatic rings. The summed E-state index contributed by atoms with van der Waals surface area (Å²) in [6.07, 6.45) is 1.32. The summed E-state index contributed by atoms with van der Waals surface area (Å²) < 4.78 is 31.3. The number of halogens is 2. The van der Waals surface area contributed by atoms with Crippen molar-refractivity contribution >= 4 is 50.5 Å². The average molecular weight is 445 g/mol. The van der Waals surface area contributed by atoms with Crippen LogP contribution < -0.4 is 14.4 Å². The van der Waals surface area contributed by atoms with E-state index in [2.05, 4.69) is 5.32 Å². The number of carbonyl (C=O) groups is 1. The molecule has 0 spiro atoms. The number of nitrogens with one attached hydrogen (secondary N) is 1. The lowest BCUT2D eigenvalue weighted by Crippen LogP contribution is -2.47. The molecule has 0 heterocycles. The van der Waals surface area contributed by atoms with Crippen molar-refractivity contribution < 1.29 is 17.9 Å². The van der Waals surface area contributed by atoms with Gasteiger partial charge in [-0.25, -0.2) is 8.42 Å². The zero-order chi connectivity index (χ0) is 21.1. The summed E-state index contributed by atoms with van der Waals surface area (Å²) in [6, 6.07) is 8.75. The lowest BCUT2D eigenvalue weighted by molar-refractivity contribution is -0.117. The quantitative estimate of drug-likeness (QED) is 0.681. The molecule has 2 rings (SSSR count). The highest BCUT2D eigenvalue weighted by atomic mass is 35.5. The van der Waals surface area contributed by atoms with Crippen molar-refractivity contribution in [3.8, 4) is 5.75 Å². The summed E-state index contributed by atoms with van der Waals surface area (Å²) in [4.78, 5) is 12.9. The fraction of sp³-hybridized carbons (Fsp3) is 0.316. The zero-order valence-electron chi connectivity index (χ0n) is 16.0. The smallest absolute Gasteiger partial charge is 0.248 e. The summed E-state index contributed by atoms with van der Waals surface area (Å²) in [6.45, 7) is 3.50. The Morgan fingerprint density at radius 3 is 2.43 bits per heavy atom. The molecule has 1 amide bonds. The van der Waals surface area contributed by atoms with Crippen LogP contribution in [0.2, 0.25) is 10.0 Å². The van der Waals surface area contributed by atoms with Crippen LogP contribution in [0.15, 0.2) is 36.4 Å². The molecule has 0 aliphatic rings. The average Bonchev–Trinajstić information content (AvgIpc) is 2.61. The first kappa shape index (κ1) is 22.3. The maximum Gasteiger partial charge on any atom is 0.248 e. The van der Waals surface area contributed by atoms with E-state index in [1.807, 2.05) is 0 Å². The predicted octanol–water partition coefficient (Wildman–Crippen LogP) is 4.49. The molecule has 0 radical (unpaired) electrons. The van der Waals surface area contributed by atoms with Crippen LogP contribution in [0.1, 0.15) is 18.9 Å². The van der Waals surface area contributed by atoms with E-state index < -0.39 is 22.0 Å². The molecule has 0 bridgehead atoms. The number of carbonyl (C=O) groups excluding carboxylic acids is 1. The third-order valence-corrected chi connectivity index (χ3v) is 5.85. The van der Waals surface area contributed by atoms with Crippen LogP contribution in [0.25, 0.3) is 0 Å². The first-order chi connectivity index (χ1) is 13.1. The van der Waals surface area contributed by atoms with Crippen molar-refractivity contribution in [1.82, 2.24) is 0 Å². The van der Waals surface area contributed by atoms with Crippen LogP contribution in [-0.2, 0) is 14.8 Å². The number of ether oxygens (including phenoxy) is 1. The van der Waals surface area contributed by atoms with E-state index in [-0.39, 0.29) is 6.42 Å².